The average molecular weight is 434 g/mol. The predicted octanol–water partition coefficient (Wildman–Crippen LogP) is 3.79. The third-order valence-corrected chi connectivity index (χ3v) is 5.16. The van der Waals surface area contributed by atoms with Gasteiger partial charge in [0.05, 0.1) is 12.1 Å². The third-order valence-electron chi connectivity index (χ3n) is 5.16. The Hall–Kier alpha value is -3.07. The van der Waals surface area contributed by atoms with E-state index < -0.39 is 23.7 Å². The van der Waals surface area contributed by atoms with Crippen LogP contribution in [0.15, 0.2) is 42.5 Å². The largest absolute Gasteiger partial charge is 0.416 e. The zero-order valence-corrected chi connectivity index (χ0v) is 17.4. The van der Waals surface area contributed by atoms with Crippen LogP contribution in [0.3, 0.4) is 0 Å². The first-order valence-electron chi connectivity index (χ1n) is 9.94. The molecule has 0 unspecified atom stereocenters. The molecule has 3 rings (SSSR count). The predicted molar refractivity (Wildman–Crippen MR) is 113 cm³/mol. The number of nitrogens with one attached hydrogen (secondary N) is 2. The van der Waals surface area contributed by atoms with E-state index in [9.17, 15) is 22.8 Å². The summed E-state index contributed by atoms with van der Waals surface area (Å²) < 4.78 is 38.8. The van der Waals surface area contributed by atoms with Crippen LogP contribution >= 0.6 is 0 Å². The molecule has 3 amide bonds. The summed E-state index contributed by atoms with van der Waals surface area (Å²) in [5.74, 6) is -0.435. The van der Waals surface area contributed by atoms with Crippen LogP contribution in [-0.2, 0) is 11.0 Å². The summed E-state index contributed by atoms with van der Waals surface area (Å²) >= 11 is 0. The van der Waals surface area contributed by atoms with Gasteiger partial charge in [0.2, 0.25) is 5.91 Å². The van der Waals surface area contributed by atoms with Crippen molar-refractivity contribution in [3.05, 3.63) is 59.2 Å². The smallest absolute Gasteiger partial charge is 0.369 e. The number of anilines is 2. The van der Waals surface area contributed by atoms with Crippen molar-refractivity contribution in [3.63, 3.8) is 0 Å². The van der Waals surface area contributed by atoms with E-state index in [1.54, 1.807) is 12.1 Å². The zero-order chi connectivity index (χ0) is 22.6. The molecule has 0 bridgehead atoms. The molecule has 0 aromatic heterocycles. The number of urea groups is 1. The fourth-order valence-corrected chi connectivity index (χ4v) is 3.52. The first-order valence-corrected chi connectivity index (χ1v) is 9.94. The van der Waals surface area contributed by atoms with Crippen molar-refractivity contribution in [3.8, 4) is 0 Å². The summed E-state index contributed by atoms with van der Waals surface area (Å²) in [7, 11) is 0. The Morgan fingerprint density at radius 3 is 2.35 bits per heavy atom. The quantitative estimate of drug-likeness (QED) is 0.769. The van der Waals surface area contributed by atoms with E-state index in [1.807, 2.05) is 35.8 Å². The molecule has 2 aromatic rings. The summed E-state index contributed by atoms with van der Waals surface area (Å²) in [4.78, 5) is 28.0. The van der Waals surface area contributed by atoms with E-state index in [-0.39, 0.29) is 6.54 Å². The Kier molecular flexibility index (Phi) is 6.84. The normalized spacial score (nSPS) is 14.9. The molecule has 2 N–H and O–H groups in total. The molecule has 2 aromatic carbocycles. The molecule has 0 aliphatic carbocycles. The van der Waals surface area contributed by atoms with E-state index in [0.717, 1.165) is 23.3 Å². The summed E-state index contributed by atoms with van der Waals surface area (Å²) in [6, 6.07) is 10.2. The highest BCUT2D eigenvalue weighted by molar-refractivity contribution is 6.02. The second-order valence-electron chi connectivity index (χ2n) is 7.63. The minimum absolute atomic E-state index is 0.0384. The molecule has 9 heteroatoms. The molecular weight excluding hydrogens is 409 g/mol. The fourth-order valence-electron chi connectivity index (χ4n) is 3.52. The highest BCUT2D eigenvalue weighted by atomic mass is 19.4. The van der Waals surface area contributed by atoms with Gasteiger partial charge in [-0.05, 0) is 43.7 Å². The Labute approximate surface area is 179 Å². The number of hydrogen-bond acceptors (Lipinski definition) is 4. The van der Waals surface area contributed by atoms with Gasteiger partial charge in [-0.3, -0.25) is 15.0 Å². The zero-order valence-electron chi connectivity index (χ0n) is 17.4. The Balaban J connectivity index is 1.47. The summed E-state index contributed by atoms with van der Waals surface area (Å²) in [6.07, 6.45) is -4.38. The number of carbonyl (C=O) groups excluding carboxylic acids is 2. The molecule has 1 saturated heterocycles. The van der Waals surface area contributed by atoms with Crippen molar-refractivity contribution in [2.24, 2.45) is 0 Å². The molecular formula is C22H25F3N4O2. The Morgan fingerprint density at radius 1 is 1.00 bits per heavy atom. The molecule has 31 heavy (non-hydrogen) atoms. The first-order chi connectivity index (χ1) is 14.6. The van der Waals surface area contributed by atoms with Gasteiger partial charge in [0.1, 0.15) is 0 Å². The van der Waals surface area contributed by atoms with E-state index in [1.165, 1.54) is 6.07 Å². The minimum atomic E-state index is -4.38. The number of imide groups is 1. The lowest BCUT2D eigenvalue weighted by Crippen LogP contribution is -2.50. The summed E-state index contributed by atoms with van der Waals surface area (Å²) in [5.41, 5.74) is 2.43. The maximum Gasteiger partial charge on any atom is 0.416 e. The van der Waals surface area contributed by atoms with Crippen LogP contribution in [0.25, 0.3) is 0 Å². The monoisotopic (exact) mass is 434 g/mol. The SMILES string of the molecule is Cc1ccc(NC(=O)NC(=O)CN2CCN(c3cccc(C(F)(F)F)c3)CC2)c(C)c1. The number of benzene rings is 2. The molecule has 0 saturated carbocycles. The number of halogens is 3. The number of alkyl halides is 3. The van der Waals surface area contributed by atoms with Crippen LogP contribution in [-0.4, -0.2) is 49.6 Å². The number of piperazine rings is 1. The molecule has 1 aliphatic heterocycles. The molecule has 1 heterocycles. The highest BCUT2D eigenvalue weighted by Gasteiger charge is 2.31. The van der Waals surface area contributed by atoms with E-state index in [4.69, 9.17) is 0 Å². The van der Waals surface area contributed by atoms with Crippen molar-refractivity contribution in [2.45, 2.75) is 20.0 Å². The van der Waals surface area contributed by atoms with Crippen LogP contribution in [0, 0.1) is 13.8 Å². The second kappa shape index (κ2) is 9.38. The average Bonchev–Trinajstić information content (AvgIpc) is 2.70. The number of amides is 3. The minimum Gasteiger partial charge on any atom is -0.369 e. The molecule has 166 valence electrons. The maximum absolute atomic E-state index is 12.9. The molecule has 6 nitrogen and oxygen atoms in total. The third kappa shape index (κ3) is 6.21. The van der Waals surface area contributed by atoms with Gasteiger partial charge >= 0.3 is 12.2 Å². The number of carbonyl (C=O) groups is 2. The van der Waals surface area contributed by atoms with Gasteiger partial charge in [-0.1, -0.05) is 23.8 Å². The Morgan fingerprint density at radius 2 is 1.71 bits per heavy atom. The van der Waals surface area contributed by atoms with Gasteiger partial charge in [-0.25, -0.2) is 4.79 Å². The second-order valence-corrected chi connectivity index (χ2v) is 7.63. The van der Waals surface area contributed by atoms with Gasteiger partial charge in [-0.2, -0.15) is 13.2 Å². The highest BCUT2D eigenvalue weighted by Crippen LogP contribution is 2.31. The van der Waals surface area contributed by atoms with Crippen molar-refractivity contribution in [1.82, 2.24) is 10.2 Å². The van der Waals surface area contributed by atoms with Crippen LogP contribution in [0.2, 0.25) is 0 Å². The van der Waals surface area contributed by atoms with Crippen LogP contribution in [0.4, 0.5) is 29.3 Å². The lowest BCUT2D eigenvalue weighted by Gasteiger charge is -2.35. The molecule has 1 fully saturated rings. The van der Waals surface area contributed by atoms with Crippen molar-refractivity contribution in [1.29, 1.82) is 0 Å². The summed E-state index contributed by atoms with van der Waals surface area (Å²) in [6.45, 7) is 5.84. The topological polar surface area (TPSA) is 64.7 Å². The lowest BCUT2D eigenvalue weighted by atomic mass is 10.1. The maximum atomic E-state index is 12.9. The molecule has 0 spiro atoms. The fraction of sp³-hybridized carbons (Fsp3) is 0.364. The van der Waals surface area contributed by atoms with Gasteiger partial charge in [-0.15, -0.1) is 0 Å². The van der Waals surface area contributed by atoms with Gasteiger partial charge in [0.25, 0.3) is 0 Å². The number of hydrogen-bond donors (Lipinski definition) is 2. The number of aryl methyl sites for hydroxylation is 2. The van der Waals surface area contributed by atoms with E-state index in [2.05, 4.69) is 10.6 Å². The van der Waals surface area contributed by atoms with Gasteiger partial charge in [0, 0.05) is 37.6 Å². The van der Waals surface area contributed by atoms with Crippen molar-refractivity contribution in [2.75, 3.05) is 42.9 Å². The van der Waals surface area contributed by atoms with E-state index in [0.29, 0.717) is 37.6 Å². The van der Waals surface area contributed by atoms with E-state index >= 15 is 0 Å². The first kappa shape index (κ1) is 22.6. The molecule has 0 atom stereocenters. The van der Waals surface area contributed by atoms with Crippen LogP contribution < -0.4 is 15.5 Å². The lowest BCUT2D eigenvalue weighted by molar-refractivity contribution is -0.137. The van der Waals surface area contributed by atoms with Gasteiger partial charge < -0.3 is 10.2 Å². The standard InChI is InChI=1S/C22H25F3N4O2/c1-15-6-7-19(16(2)12-15)26-21(31)27-20(30)14-28-8-10-29(11-9-28)18-5-3-4-17(13-18)22(23,24)25/h3-7,12-13H,8-11,14H2,1-2H3,(H2,26,27,30,31). The molecule has 0 radical (unpaired) electrons. The summed E-state index contributed by atoms with van der Waals surface area (Å²) in [5, 5.41) is 4.98. The molecule has 1 aliphatic rings. The number of rotatable bonds is 4. The van der Waals surface area contributed by atoms with Crippen molar-refractivity contribution < 1.29 is 22.8 Å². The van der Waals surface area contributed by atoms with Crippen molar-refractivity contribution >= 4 is 23.3 Å². The van der Waals surface area contributed by atoms with Gasteiger partial charge in [0.15, 0.2) is 0 Å². The van der Waals surface area contributed by atoms with Crippen LogP contribution in [0.1, 0.15) is 16.7 Å². The number of nitrogens with zero attached hydrogens (tertiary/aromatic N) is 2. The van der Waals surface area contributed by atoms with Crippen LogP contribution in [0.5, 0.6) is 0 Å². The Bertz CT molecular complexity index is 954.